The molecule has 0 aromatic rings. The van der Waals surface area contributed by atoms with E-state index in [-0.39, 0.29) is 6.17 Å². The van der Waals surface area contributed by atoms with Gasteiger partial charge in [-0.15, -0.1) is 17.2 Å². The van der Waals surface area contributed by atoms with Crippen LogP contribution < -0.4 is 5.48 Å². The minimum Gasteiger partial charge on any atom is -0.385 e. The second-order valence-electron chi connectivity index (χ2n) is 2.78. The predicted molar refractivity (Wildman–Crippen MR) is 50.9 cm³/mol. The van der Waals surface area contributed by atoms with Gasteiger partial charge in [-0.05, 0) is 12.8 Å². The van der Waals surface area contributed by atoms with Crippen LogP contribution in [0.25, 0.3) is 0 Å². The Morgan fingerprint density at radius 1 is 1.83 bits per heavy atom. The first-order valence-corrected chi connectivity index (χ1v) is 5.22. The van der Waals surface area contributed by atoms with Gasteiger partial charge in [-0.25, -0.2) is 4.99 Å². The normalized spacial score (nSPS) is 28.2. The van der Waals surface area contributed by atoms with E-state index in [4.69, 9.17) is 4.84 Å². The van der Waals surface area contributed by atoms with Crippen LogP contribution in [0.3, 0.4) is 0 Å². The topological polar surface area (TPSA) is 33.6 Å². The van der Waals surface area contributed by atoms with E-state index in [1.54, 1.807) is 0 Å². The van der Waals surface area contributed by atoms with Crippen molar-refractivity contribution in [1.29, 1.82) is 0 Å². The molecule has 0 amide bonds. The molecule has 0 spiro atoms. The molecular weight excluding hydrogens is 172 g/mol. The number of hydrogen-bond donors (Lipinski definition) is 1. The zero-order valence-electron chi connectivity index (χ0n) is 7.04. The third-order valence-electron chi connectivity index (χ3n) is 1.87. The van der Waals surface area contributed by atoms with Crippen LogP contribution in [0.5, 0.6) is 0 Å². The van der Waals surface area contributed by atoms with Crippen LogP contribution in [0.2, 0.25) is 0 Å². The zero-order chi connectivity index (χ0) is 8.39. The third-order valence-corrected chi connectivity index (χ3v) is 2.96. The lowest BCUT2D eigenvalue weighted by Crippen LogP contribution is -2.19. The van der Waals surface area contributed by atoms with Gasteiger partial charge < -0.3 is 4.84 Å². The summed E-state index contributed by atoms with van der Waals surface area (Å²) in [6.07, 6.45) is 4.45. The molecule has 66 valence electrons. The number of hydrogen-bond acceptors (Lipinski definition) is 4. The van der Waals surface area contributed by atoms with E-state index in [1.165, 1.54) is 4.91 Å². The van der Waals surface area contributed by atoms with Crippen molar-refractivity contribution in [1.82, 2.24) is 5.48 Å². The maximum absolute atomic E-state index is 5.25. The molecule has 2 aliphatic rings. The second kappa shape index (κ2) is 3.49. The Kier molecular flexibility index (Phi) is 2.37. The molecule has 0 bridgehead atoms. The lowest BCUT2D eigenvalue weighted by Gasteiger charge is -2.00. The molecule has 1 N–H and O–H groups in total. The van der Waals surface area contributed by atoms with E-state index in [1.807, 2.05) is 11.8 Å². The average molecular weight is 184 g/mol. The maximum atomic E-state index is 5.25. The fraction of sp³-hybridized carbons (Fsp3) is 0.625. The van der Waals surface area contributed by atoms with Gasteiger partial charge in [-0.1, -0.05) is 13.0 Å². The van der Waals surface area contributed by atoms with E-state index in [0.29, 0.717) is 0 Å². The first-order valence-electron chi connectivity index (χ1n) is 4.23. The number of rotatable bonds is 2. The van der Waals surface area contributed by atoms with Crippen molar-refractivity contribution in [3.8, 4) is 0 Å². The average Bonchev–Trinajstić information content (AvgIpc) is 2.75. The molecule has 0 aliphatic carbocycles. The molecule has 0 fully saturated rings. The summed E-state index contributed by atoms with van der Waals surface area (Å²) in [5.41, 5.74) is 2.88. The third kappa shape index (κ3) is 1.49. The number of hydroxylamine groups is 1. The van der Waals surface area contributed by atoms with Gasteiger partial charge in [0.1, 0.15) is 6.17 Å². The minimum absolute atomic E-state index is 0.155. The number of allylic oxidation sites excluding steroid dienone is 1. The van der Waals surface area contributed by atoms with Crippen LogP contribution in [0.1, 0.15) is 19.8 Å². The molecule has 1 atom stereocenters. The summed E-state index contributed by atoms with van der Waals surface area (Å²) >= 11 is 1.82. The Bertz CT molecular complexity index is 237. The zero-order valence-corrected chi connectivity index (χ0v) is 7.86. The van der Waals surface area contributed by atoms with Crippen LogP contribution in [-0.2, 0) is 4.84 Å². The van der Waals surface area contributed by atoms with E-state index in [9.17, 15) is 0 Å². The molecule has 0 aromatic carbocycles. The number of aliphatic imine (C=N–C) groups is 1. The molecule has 12 heavy (non-hydrogen) atoms. The molecule has 2 heterocycles. The molecule has 2 rings (SSSR count). The van der Waals surface area contributed by atoms with Gasteiger partial charge >= 0.3 is 0 Å². The van der Waals surface area contributed by atoms with E-state index >= 15 is 0 Å². The number of nitrogens with zero attached hydrogens (tertiary/aromatic N) is 1. The van der Waals surface area contributed by atoms with Gasteiger partial charge in [0.15, 0.2) is 0 Å². The van der Waals surface area contributed by atoms with Gasteiger partial charge in [0.25, 0.3) is 0 Å². The first kappa shape index (κ1) is 8.13. The number of thioether (sulfide) groups is 1. The molecule has 3 nitrogen and oxygen atoms in total. The summed E-state index contributed by atoms with van der Waals surface area (Å²) in [5.74, 6) is 1.94. The summed E-state index contributed by atoms with van der Waals surface area (Å²) < 4.78 is 0. The summed E-state index contributed by atoms with van der Waals surface area (Å²) in [6.45, 7) is 2.09. The Balaban J connectivity index is 2.05. The minimum atomic E-state index is 0.155. The van der Waals surface area contributed by atoms with Gasteiger partial charge in [0, 0.05) is 5.75 Å². The molecule has 4 heteroatoms. The molecule has 0 saturated heterocycles. The Labute approximate surface area is 76.2 Å². The second-order valence-corrected chi connectivity index (χ2v) is 3.92. The molecule has 0 saturated carbocycles. The first-order chi connectivity index (χ1) is 5.90. The summed E-state index contributed by atoms with van der Waals surface area (Å²) in [4.78, 5) is 10.8. The molecule has 1 unspecified atom stereocenters. The molecule has 0 radical (unpaired) electrons. The fourth-order valence-corrected chi connectivity index (χ4v) is 2.08. The predicted octanol–water partition coefficient (Wildman–Crippen LogP) is 1.68. The maximum Gasteiger partial charge on any atom is 0.248 e. The molecular formula is C8H12N2OS. The van der Waals surface area contributed by atoms with Crippen molar-refractivity contribution in [3.63, 3.8) is 0 Å². The van der Waals surface area contributed by atoms with Crippen LogP contribution in [-0.4, -0.2) is 17.8 Å². The Morgan fingerprint density at radius 2 is 2.75 bits per heavy atom. The van der Waals surface area contributed by atoms with E-state index in [0.717, 1.165) is 24.5 Å². The highest BCUT2D eigenvalue weighted by atomic mass is 32.2. The van der Waals surface area contributed by atoms with Gasteiger partial charge in [-0.3, -0.25) is 0 Å². The summed E-state index contributed by atoms with van der Waals surface area (Å²) in [6, 6.07) is 0. The molecule has 0 aromatic heterocycles. The smallest absolute Gasteiger partial charge is 0.248 e. The van der Waals surface area contributed by atoms with Crippen LogP contribution >= 0.6 is 11.8 Å². The highest BCUT2D eigenvalue weighted by Gasteiger charge is 2.21. The lowest BCUT2D eigenvalue weighted by molar-refractivity contribution is 0.178. The van der Waals surface area contributed by atoms with E-state index < -0.39 is 0 Å². The van der Waals surface area contributed by atoms with E-state index in [2.05, 4.69) is 23.5 Å². The SMILES string of the molecule is CCC1N=C(C2=CCCS2)ON1. The van der Waals surface area contributed by atoms with Crippen molar-refractivity contribution in [2.45, 2.75) is 25.9 Å². The quantitative estimate of drug-likeness (QED) is 0.709. The Hall–Kier alpha value is -0.480. The lowest BCUT2D eigenvalue weighted by atomic mass is 10.4. The van der Waals surface area contributed by atoms with Gasteiger partial charge in [0.05, 0.1) is 4.91 Å². The highest BCUT2D eigenvalue weighted by molar-refractivity contribution is 8.04. The van der Waals surface area contributed by atoms with Crippen molar-refractivity contribution < 1.29 is 4.84 Å². The largest absolute Gasteiger partial charge is 0.385 e. The van der Waals surface area contributed by atoms with Crippen LogP contribution in [0.4, 0.5) is 0 Å². The van der Waals surface area contributed by atoms with Crippen molar-refractivity contribution in [2.75, 3.05) is 5.75 Å². The summed E-state index contributed by atoms with van der Waals surface area (Å²) in [5, 5.41) is 0. The highest BCUT2D eigenvalue weighted by Crippen LogP contribution is 2.27. The van der Waals surface area contributed by atoms with Crippen LogP contribution in [0, 0.1) is 0 Å². The summed E-state index contributed by atoms with van der Waals surface area (Å²) in [7, 11) is 0. The molecule has 2 aliphatic heterocycles. The number of nitrogens with one attached hydrogen (secondary N) is 1. The van der Waals surface area contributed by atoms with Gasteiger partial charge in [0.2, 0.25) is 5.90 Å². The van der Waals surface area contributed by atoms with Crippen molar-refractivity contribution in [3.05, 3.63) is 11.0 Å². The fourth-order valence-electron chi connectivity index (χ4n) is 1.17. The van der Waals surface area contributed by atoms with Crippen molar-refractivity contribution in [2.24, 2.45) is 4.99 Å². The van der Waals surface area contributed by atoms with Crippen molar-refractivity contribution >= 4 is 17.7 Å². The monoisotopic (exact) mass is 184 g/mol. The Morgan fingerprint density at radius 3 is 3.33 bits per heavy atom. The van der Waals surface area contributed by atoms with Gasteiger partial charge in [-0.2, -0.15) is 0 Å². The standard InChI is InChI=1S/C8H12N2OS/c1-2-7-9-8(11-10-7)6-4-3-5-12-6/h4,7,10H,2-3,5H2,1H3. The van der Waals surface area contributed by atoms with Crippen LogP contribution in [0.15, 0.2) is 16.0 Å².